The summed E-state index contributed by atoms with van der Waals surface area (Å²) >= 11 is 0. The molecule has 1 aliphatic carbocycles. The molecule has 2 heteroatoms. The predicted octanol–water partition coefficient (Wildman–Crippen LogP) is 15.3. The van der Waals surface area contributed by atoms with Gasteiger partial charge in [-0.05, 0) is 88.7 Å². The number of hydrogen-bond donors (Lipinski definition) is 0. The number of rotatable bonds is 7. The summed E-state index contributed by atoms with van der Waals surface area (Å²) in [6.45, 7) is 11.4. The van der Waals surface area contributed by atoms with E-state index in [0.717, 1.165) is 13.0 Å². The van der Waals surface area contributed by atoms with Crippen LogP contribution in [-0.2, 0) is 6.54 Å². The topological polar surface area (TPSA) is 9.86 Å². The van der Waals surface area contributed by atoms with E-state index in [9.17, 15) is 0 Å². The summed E-state index contributed by atoms with van der Waals surface area (Å²) in [6.07, 6.45) is 18.0. The van der Waals surface area contributed by atoms with Crippen LogP contribution in [0.1, 0.15) is 47.5 Å². The smallest absolute Gasteiger partial charge is 0.0547 e. The van der Waals surface area contributed by atoms with E-state index in [1.165, 1.54) is 83.5 Å². The van der Waals surface area contributed by atoms with Gasteiger partial charge >= 0.3 is 0 Å². The molecular weight excluding hydrogens is 665 g/mol. The average molecular weight is 717 g/mol. The van der Waals surface area contributed by atoms with Crippen molar-refractivity contribution in [3.63, 3.8) is 0 Å². The Morgan fingerprint density at radius 2 is 1.15 bits per heavy atom. The van der Waals surface area contributed by atoms with Gasteiger partial charge in [-0.25, -0.2) is 0 Å². The second-order valence-electron chi connectivity index (χ2n) is 14.0. The van der Waals surface area contributed by atoms with E-state index in [4.69, 9.17) is 0 Å². The van der Waals surface area contributed by atoms with Crippen molar-refractivity contribution < 1.29 is 0 Å². The molecule has 55 heavy (non-hydrogen) atoms. The molecule has 0 spiro atoms. The van der Waals surface area contributed by atoms with Gasteiger partial charge in [0.05, 0.1) is 11.0 Å². The lowest BCUT2D eigenvalue weighted by Crippen LogP contribution is -1.97. The van der Waals surface area contributed by atoms with Gasteiger partial charge in [-0.2, -0.15) is 0 Å². The van der Waals surface area contributed by atoms with Crippen molar-refractivity contribution in [2.24, 2.45) is 5.92 Å². The molecule has 2 nitrogen and oxygen atoms in total. The minimum Gasteiger partial charge on any atom is -0.337 e. The molecule has 2 heterocycles. The molecule has 0 bridgehead atoms. The molecule has 1 aliphatic rings. The predicted molar refractivity (Wildman–Crippen MR) is 241 cm³/mol. The summed E-state index contributed by atoms with van der Waals surface area (Å²) in [7, 11) is 0. The van der Waals surface area contributed by atoms with Crippen molar-refractivity contribution in [1.82, 2.24) is 9.13 Å². The van der Waals surface area contributed by atoms with Gasteiger partial charge in [0.25, 0.3) is 0 Å². The zero-order chi connectivity index (χ0) is 38.1. The Kier molecular flexibility index (Phi) is 11.7. The van der Waals surface area contributed by atoms with E-state index in [2.05, 4.69) is 212 Å². The molecule has 0 N–H and O–H groups in total. The van der Waals surface area contributed by atoms with E-state index in [-0.39, 0.29) is 0 Å². The number of nitrogens with zero attached hydrogens (tertiary/aromatic N) is 2. The maximum atomic E-state index is 2.45. The lowest BCUT2D eigenvalue weighted by atomic mass is 9.99. The third-order valence-corrected chi connectivity index (χ3v) is 10.2. The SMILES string of the molecule is CC.CC(/C=C\Cn1c2ccccc2c2cc(-c3ccc4c(c3)c3ccc(-c5ccccc5)cc3n4-c3ccccc3)ccc21)C1=CC=CCC=C1.CCC. The van der Waals surface area contributed by atoms with Crippen molar-refractivity contribution in [1.29, 1.82) is 0 Å². The first-order valence-corrected chi connectivity index (χ1v) is 20.0. The molecule has 9 rings (SSSR count). The third-order valence-electron chi connectivity index (χ3n) is 10.2. The molecule has 6 aromatic carbocycles. The molecule has 274 valence electrons. The van der Waals surface area contributed by atoms with Crippen LogP contribution in [0.5, 0.6) is 0 Å². The Morgan fingerprint density at radius 3 is 1.89 bits per heavy atom. The number of fused-ring (bicyclic) bond motifs is 6. The lowest BCUT2D eigenvalue weighted by molar-refractivity contribution is 0.850. The van der Waals surface area contributed by atoms with Gasteiger partial charge in [-0.15, -0.1) is 0 Å². The fraction of sp³-hybridized carbons (Fsp3) is 0.170. The largest absolute Gasteiger partial charge is 0.337 e. The van der Waals surface area contributed by atoms with Gasteiger partial charge in [-0.1, -0.05) is 175 Å². The van der Waals surface area contributed by atoms with Crippen LogP contribution in [0.15, 0.2) is 188 Å². The maximum Gasteiger partial charge on any atom is 0.0547 e. The average Bonchev–Trinajstić information content (AvgIpc) is 3.57. The van der Waals surface area contributed by atoms with Crippen molar-refractivity contribution in [2.45, 2.75) is 54.0 Å². The molecule has 0 saturated heterocycles. The fourth-order valence-corrected chi connectivity index (χ4v) is 7.68. The van der Waals surface area contributed by atoms with Crippen LogP contribution in [0.2, 0.25) is 0 Å². The molecule has 0 fully saturated rings. The lowest BCUT2D eigenvalue weighted by Gasteiger charge is -2.09. The molecule has 2 aromatic heterocycles. The minimum absolute atomic E-state index is 0.362. The summed E-state index contributed by atoms with van der Waals surface area (Å²) in [6, 6.07) is 51.1. The number of para-hydroxylation sites is 2. The Hall–Kier alpha value is -6.12. The Balaban J connectivity index is 0.000000889. The first kappa shape index (κ1) is 37.2. The van der Waals surface area contributed by atoms with Crippen LogP contribution in [-0.4, -0.2) is 9.13 Å². The van der Waals surface area contributed by atoms with E-state index >= 15 is 0 Å². The van der Waals surface area contributed by atoms with Crippen molar-refractivity contribution in [3.05, 3.63) is 188 Å². The molecular formula is C53H52N2. The Morgan fingerprint density at radius 1 is 0.564 bits per heavy atom. The first-order chi connectivity index (χ1) is 27.1. The highest BCUT2D eigenvalue weighted by Crippen LogP contribution is 2.38. The van der Waals surface area contributed by atoms with Crippen molar-refractivity contribution >= 4 is 43.6 Å². The van der Waals surface area contributed by atoms with Crippen LogP contribution >= 0.6 is 0 Å². The zero-order valence-electron chi connectivity index (χ0n) is 32.9. The van der Waals surface area contributed by atoms with Crippen LogP contribution in [0.3, 0.4) is 0 Å². The summed E-state index contributed by atoms with van der Waals surface area (Å²) in [5, 5.41) is 5.10. The molecule has 8 aromatic rings. The second-order valence-corrected chi connectivity index (χ2v) is 14.0. The molecule has 1 unspecified atom stereocenters. The van der Waals surface area contributed by atoms with E-state index in [1.54, 1.807) is 0 Å². The summed E-state index contributed by atoms with van der Waals surface area (Å²) in [4.78, 5) is 0. The van der Waals surface area contributed by atoms with Crippen LogP contribution < -0.4 is 0 Å². The highest BCUT2D eigenvalue weighted by molar-refractivity contribution is 6.12. The fourth-order valence-electron chi connectivity index (χ4n) is 7.68. The molecule has 0 amide bonds. The van der Waals surface area contributed by atoms with Gasteiger partial charge in [-0.3, -0.25) is 0 Å². The van der Waals surface area contributed by atoms with E-state index in [1.807, 2.05) is 13.8 Å². The highest BCUT2D eigenvalue weighted by Gasteiger charge is 2.16. The Labute approximate surface area is 327 Å². The molecule has 0 saturated carbocycles. The monoisotopic (exact) mass is 716 g/mol. The third kappa shape index (κ3) is 7.64. The number of hydrogen-bond acceptors (Lipinski definition) is 0. The van der Waals surface area contributed by atoms with Gasteiger partial charge in [0.15, 0.2) is 0 Å². The van der Waals surface area contributed by atoms with E-state index in [0.29, 0.717) is 5.92 Å². The molecule has 0 radical (unpaired) electrons. The quantitative estimate of drug-likeness (QED) is 0.145. The number of allylic oxidation sites excluding steroid dienone is 8. The zero-order valence-corrected chi connectivity index (χ0v) is 32.9. The van der Waals surface area contributed by atoms with Crippen LogP contribution in [0, 0.1) is 5.92 Å². The van der Waals surface area contributed by atoms with Crippen molar-refractivity contribution in [2.75, 3.05) is 0 Å². The van der Waals surface area contributed by atoms with Crippen molar-refractivity contribution in [3.8, 4) is 27.9 Å². The number of benzene rings is 6. The summed E-state index contributed by atoms with van der Waals surface area (Å²) in [5.41, 5.74) is 12.4. The van der Waals surface area contributed by atoms with Gasteiger partial charge in [0.2, 0.25) is 0 Å². The highest BCUT2D eigenvalue weighted by atomic mass is 15.0. The summed E-state index contributed by atoms with van der Waals surface area (Å²) in [5.74, 6) is 0.362. The standard InChI is InChI=1S/C48H38N2.C3H8.C2H6/c1-34(35-16-6-2-3-7-17-35)15-14-30-49-45-23-13-12-22-41(45)43-31-37(25-28-46(43)49)38-26-29-47-44(32-38)42-27-24-39(36-18-8-4-9-19-36)33-48(42)50(47)40-20-10-5-11-21-40;1-3-2;1-2/h2,4-29,31-34H,3,30H2,1H3;3H2,1-2H3;1-2H3/b15-14-;;. The van der Waals surface area contributed by atoms with E-state index < -0.39 is 0 Å². The maximum absolute atomic E-state index is 2.45. The Bertz CT molecular complexity index is 2660. The molecule has 1 atom stereocenters. The van der Waals surface area contributed by atoms with Crippen LogP contribution in [0.25, 0.3) is 71.6 Å². The van der Waals surface area contributed by atoms with Gasteiger partial charge in [0, 0.05) is 44.8 Å². The normalized spacial score (nSPS) is 13.1. The number of aromatic nitrogens is 2. The van der Waals surface area contributed by atoms with Gasteiger partial charge in [0.1, 0.15) is 0 Å². The van der Waals surface area contributed by atoms with Crippen LogP contribution in [0.4, 0.5) is 0 Å². The van der Waals surface area contributed by atoms with Gasteiger partial charge < -0.3 is 9.13 Å². The summed E-state index contributed by atoms with van der Waals surface area (Å²) < 4.78 is 4.86. The first-order valence-electron chi connectivity index (χ1n) is 20.0. The minimum atomic E-state index is 0.362. The second kappa shape index (κ2) is 17.3. The molecule has 0 aliphatic heterocycles.